The van der Waals surface area contributed by atoms with Crippen LogP contribution in [0, 0.1) is 0 Å². The average molecular weight is 532 g/mol. The maximum atomic E-state index is 13.7. The van der Waals surface area contributed by atoms with Crippen molar-refractivity contribution in [2.45, 2.75) is 75.9 Å². The number of hydrogen-bond donors (Lipinski definition) is 3. The van der Waals surface area contributed by atoms with Crippen molar-refractivity contribution < 1.29 is 14.4 Å². The summed E-state index contributed by atoms with van der Waals surface area (Å²) in [6.45, 7) is 6.64. The Morgan fingerprint density at radius 3 is 2.46 bits per heavy atom. The van der Waals surface area contributed by atoms with Crippen LogP contribution in [0.5, 0.6) is 0 Å². The van der Waals surface area contributed by atoms with Crippen molar-refractivity contribution in [2.24, 2.45) is 0 Å². The van der Waals surface area contributed by atoms with E-state index in [1.807, 2.05) is 78.2 Å². The Hall–Kier alpha value is -3.39. The van der Waals surface area contributed by atoms with Crippen LogP contribution < -0.4 is 20.9 Å². The summed E-state index contributed by atoms with van der Waals surface area (Å²) in [6.07, 6.45) is 4.83. The van der Waals surface area contributed by atoms with Gasteiger partial charge in [0, 0.05) is 37.4 Å². The molecule has 2 aromatic carbocycles. The first kappa shape index (κ1) is 27.2. The zero-order chi connectivity index (χ0) is 27.4. The van der Waals surface area contributed by atoms with Gasteiger partial charge in [0.05, 0.1) is 5.41 Å². The number of likely N-dealkylation sites (tertiary alicyclic amines) is 1. The number of nitrogens with one attached hydrogen (secondary N) is 3. The first-order chi connectivity index (χ1) is 18.8. The zero-order valence-corrected chi connectivity index (χ0v) is 23.1. The van der Waals surface area contributed by atoms with Crippen molar-refractivity contribution in [1.82, 2.24) is 20.9 Å². The molecule has 39 heavy (non-hydrogen) atoms. The van der Waals surface area contributed by atoms with Gasteiger partial charge in [0.1, 0.15) is 6.04 Å². The summed E-state index contributed by atoms with van der Waals surface area (Å²) in [7, 11) is 0. The van der Waals surface area contributed by atoms with Crippen molar-refractivity contribution in [1.29, 1.82) is 0 Å². The SMILES string of the molecule is CC1(C)C(=O)N(C2CCN(C(=O)[C@H](CCc3ccccc3)NC(=O)NC[C@H]3CCCN3)CC2)c2ccccc21. The Labute approximate surface area is 231 Å². The highest BCUT2D eigenvalue weighted by Gasteiger charge is 2.46. The molecule has 0 spiro atoms. The summed E-state index contributed by atoms with van der Waals surface area (Å²) in [5.41, 5.74) is 2.66. The molecule has 3 heterocycles. The van der Waals surface area contributed by atoms with Gasteiger partial charge in [-0.2, -0.15) is 0 Å². The van der Waals surface area contributed by atoms with Crippen molar-refractivity contribution in [2.75, 3.05) is 31.1 Å². The van der Waals surface area contributed by atoms with Gasteiger partial charge in [0.15, 0.2) is 0 Å². The average Bonchev–Trinajstić information content (AvgIpc) is 3.55. The van der Waals surface area contributed by atoms with Crippen molar-refractivity contribution in [3.05, 3.63) is 65.7 Å². The molecular weight excluding hydrogens is 490 g/mol. The molecule has 8 heteroatoms. The summed E-state index contributed by atoms with van der Waals surface area (Å²) in [5, 5.41) is 9.30. The van der Waals surface area contributed by atoms with E-state index in [9.17, 15) is 14.4 Å². The minimum Gasteiger partial charge on any atom is -0.341 e. The fraction of sp³-hybridized carbons (Fsp3) is 0.516. The third-order valence-electron chi connectivity index (χ3n) is 8.57. The van der Waals surface area contributed by atoms with E-state index in [0.717, 1.165) is 36.2 Å². The molecule has 0 bridgehead atoms. The van der Waals surface area contributed by atoms with Crippen LogP contribution in [-0.4, -0.2) is 67.0 Å². The van der Waals surface area contributed by atoms with Gasteiger partial charge in [-0.3, -0.25) is 9.59 Å². The minimum absolute atomic E-state index is 0.0491. The number of anilines is 1. The molecule has 3 N–H and O–H groups in total. The molecule has 4 amide bonds. The van der Waals surface area contributed by atoms with E-state index >= 15 is 0 Å². The topological polar surface area (TPSA) is 93.8 Å². The van der Waals surface area contributed by atoms with E-state index in [1.165, 1.54) is 0 Å². The first-order valence-corrected chi connectivity index (χ1v) is 14.4. The minimum atomic E-state index is -0.605. The van der Waals surface area contributed by atoms with Gasteiger partial charge in [0.25, 0.3) is 0 Å². The number of hydrogen-bond acceptors (Lipinski definition) is 4. The second kappa shape index (κ2) is 11.8. The third kappa shape index (κ3) is 5.96. The second-order valence-electron chi connectivity index (χ2n) is 11.6. The largest absolute Gasteiger partial charge is 0.341 e. The van der Waals surface area contributed by atoms with Crippen molar-refractivity contribution in [3.63, 3.8) is 0 Å². The Morgan fingerprint density at radius 2 is 1.74 bits per heavy atom. The number of para-hydroxylation sites is 1. The fourth-order valence-corrected chi connectivity index (χ4v) is 6.23. The normalized spacial score (nSPS) is 21.5. The Balaban J connectivity index is 1.22. The van der Waals surface area contributed by atoms with Gasteiger partial charge >= 0.3 is 6.03 Å². The smallest absolute Gasteiger partial charge is 0.315 e. The maximum absolute atomic E-state index is 13.7. The molecule has 3 aliphatic heterocycles. The zero-order valence-electron chi connectivity index (χ0n) is 23.1. The maximum Gasteiger partial charge on any atom is 0.315 e. The number of aryl methyl sites for hydroxylation is 1. The predicted molar refractivity (Wildman–Crippen MR) is 153 cm³/mol. The van der Waals surface area contributed by atoms with Gasteiger partial charge in [0.2, 0.25) is 11.8 Å². The molecule has 0 unspecified atom stereocenters. The van der Waals surface area contributed by atoms with Crippen LogP contribution in [0.15, 0.2) is 54.6 Å². The number of nitrogens with zero attached hydrogens (tertiary/aromatic N) is 2. The molecule has 0 aromatic heterocycles. The molecule has 3 aliphatic rings. The van der Waals surface area contributed by atoms with Crippen molar-refractivity contribution in [3.8, 4) is 0 Å². The predicted octanol–water partition coefficient (Wildman–Crippen LogP) is 3.35. The van der Waals surface area contributed by atoms with Gasteiger partial charge in [-0.05, 0) is 76.1 Å². The van der Waals surface area contributed by atoms with E-state index in [4.69, 9.17) is 0 Å². The van der Waals surface area contributed by atoms with Crippen LogP contribution in [0.4, 0.5) is 10.5 Å². The quantitative estimate of drug-likeness (QED) is 0.487. The lowest BCUT2D eigenvalue weighted by atomic mass is 9.86. The van der Waals surface area contributed by atoms with Gasteiger partial charge in [-0.15, -0.1) is 0 Å². The van der Waals surface area contributed by atoms with E-state index in [-0.39, 0.29) is 29.9 Å². The first-order valence-electron chi connectivity index (χ1n) is 14.4. The van der Waals surface area contributed by atoms with Crippen LogP contribution >= 0.6 is 0 Å². The standard InChI is InChI=1S/C31H41N5O3/c1-31(2)25-12-6-7-13-27(25)36(29(31)38)24-16-19-35(20-17-24)28(37)26(15-14-22-9-4-3-5-10-22)34-30(39)33-21-23-11-8-18-32-23/h3-7,9-10,12-13,23-24,26,32H,8,11,14-21H2,1-2H3,(H2,33,34,39)/t23-,26+/m1/s1. The monoisotopic (exact) mass is 531 g/mol. The van der Waals surface area contributed by atoms with Crippen LogP contribution in [0.2, 0.25) is 0 Å². The highest BCUT2D eigenvalue weighted by molar-refractivity contribution is 6.08. The fourth-order valence-electron chi connectivity index (χ4n) is 6.23. The summed E-state index contributed by atoms with van der Waals surface area (Å²) in [4.78, 5) is 43.7. The number of benzene rings is 2. The van der Waals surface area contributed by atoms with Gasteiger partial charge < -0.3 is 25.8 Å². The Kier molecular flexibility index (Phi) is 8.21. The van der Waals surface area contributed by atoms with E-state index in [1.54, 1.807) is 0 Å². The molecule has 0 radical (unpaired) electrons. The van der Waals surface area contributed by atoms with E-state index in [0.29, 0.717) is 45.3 Å². The lowest BCUT2D eigenvalue weighted by Gasteiger charge is -2.38. The summed E-state index contributed by atoms with van der Waals surface area (Å²) < 4.78 is 0. The highest BCUT2D eigenvalue weighted by Crippen LogP contribution is 2.43. The van der Waals surface area contributed by atoms with E-state index in [2.05, 4.69) is 16.0 Å². The number of carbonyl (C=O) groups is 3. The van der Waals surface area contributed by atoms with Gasteiger partial charge in [-0.25, -0.2) is 4.79 Å². The van der Waals surface area contributed by atoms with Crippen LogP contribution in [0.1, 0.15) is 57.1 Å². The number of fused-ring (bicyclic) bond motifs is 1. The molecule has 5 rings (SSSR count). The molecule has 2 aromatic rings. The van der Waals surface area contributed by atoms with Crippen LogP contribution in [-0.2, 0) is 21.4 Å². The summed E-state index contributed by atoms with van der Waals surface area (Å²) >= 11 is 0. The Bertz CT molecular complexity index is 1170. The molecule has 208 valence electrons. The number of urea groups is 1. The number of rotatable bonds is 8. The number of amides is 4. The van der Waals surface area contributed by atoms with Gasteiger partial charge in [-0.1, -0.05) is 48.5 Å². The number of piperidine rings is 1. The van der Waals surface area contributed by atoms with E-state index < -0.39 is 11.5 Å². The molecule has 0 saturated carbocycles. The molecule has 2 atom stereocenters. The Morgan fingerprint density at radius 1 is 1.03 bits per heavy atom. The third-order valence-corrected chi connectivity index (χ3v) is 8.57. The number of carbonyl (C=O) groups excluding carboxylic acids is 3. The lowest BCUT2D eigenvalue weighted by Crippen LogP contribution is -2.56. The van der Waals surface area contributed by atoms with Crippen molar-refractivity contribution >= 4 is 23.5 Å². The second-order valence-corrected chi connectivity index (χ2v) is 11.6. The summed E-state index contributed by atoms with van der Waals surface area (Å²) in [6, 6.07) is 17.5. The molecule has 0 aliphatic carbocycles. The highest BCUT2D eigenvalue weighted by atomic mass is 16.2. The summed E-state index contributed by atoms with van der Waals surface area (Å²) in [5.74, 6) is 0.0799. The molecule has 2 fully saturated rings. The molecule has 8 nitrogen and oxygen atoms in total. The molecule has 2 saturated heterocycles. The molecular formula is C31H41N5O3. The van der Waals surface area contributed by atoms with Crippen LogP contribution in [0.25, 0.3) is 0 Å². The van der Waals surface area contributed by atoms with Crippen LogP contribution in [0.3, 0.4) is 0 Å². The lowest BCUT2D eigenvalue weighted by molar-refractivity contribution is -0.134.